The van der Waals surface area contributed by atoms with Gasteiger partial charge in [-0.15, -0.1) is 0 Å². The number of carbonyl (C=O) groups is 1. The summed E-state index contributed by atoms with van der Waals surface area (Å²) >= 11 is 0. The second-order valence-corrected chi connectivity index (χ2v) is 5.72. The highest BCUT2D eigenvalue weighted by molar-refractivity contribution is 7.92. The number of halogens is 2. The molecule has 0 atom stereocenters. The Morgan fingerprint density at radius 3 is 2.19 bits per heavy atom. The number of nitrogens with one attached hydrogen (secondary N) is 1. The summed E-state index contributed by atoms with van der Waals surface area (Å²) in [6.45, 7) is 0. The molecule has 0 saturated heterocycles. The van der Waals surface area contributed by atoms with Crippen LogP contribution >= 0.6 is 0 Å². The fourth-order valence-corrected chi connectivity index (χ4v) is 2.71. The number of hydrogen-bond donors (Lipinski definition) is 2. The van der Waals surface area contributed by atoms with Crippen molar-refractivity contribution in [1.29, 1.82) is 0 Å². The summed E-state index contributed by atoms with van der Waals surface area (Å²) in [5.41, 5.74) is -1.08. The van der Waals surface area contributed by atoms with Crippen LogP contribution in [0.1, 0.15) is 10.4 Å². The van der Waals surface area contributed by atoms with Crippen molar-refractivity contribution in [3.8, 4) is 0 Å². The molecule has 0 aromatic heterocycles. The van der Waals surface area contributed by atoms with Gasteiger partial charge in [0.2, 0.25) is 0 Å². The molecule has 8 heteroatoms. The maximum Gasteiger partial charge on any atom is 0.335 e. The normalized spacial score (nSPS) is 11.1. The Bertz CT molecular complexity index is 785. The van der Waals surface area contributed by atoms with E-state index in [1.807, 2.05) is 0 Å². The lowest BCUT2D eigenvalue weighted by Crippen LogP contribution is -2.15. The van der Waals surface area contributed by atoms with Gasteiger partial charge in [-0.2, -0.15) is 0 Å². The van der Waals surface area contributed by atoms with Gasteiger partial charge in [0.1, 0.15) is 17.3 Å². The highest BCUT2D eigenvalue weighted by Gasteiger charge is 2.20. The van der Waals surface area contributed by atoms with E-state index in [2.05, 4.69) is 0 Å². The molecule has 21 heavy (non-hydrogen) atoms. The molecule has 2 N–H and O–H groups in total. The summed E-state index contributed by atoms with van der Waals surface area (Å²) in [4.78, 5) is 10.4. The molecule has 0 aliphatic carbocycles. The summed E-state index contributed by atoms with van der Waals surface area (Å²) < 4.78 is 52.7. The molecule has 0 heterocycles. The number of carboxylic acid groups (broad SMARTS) is 1. The first-order chi connectivity index (χ1) is 9.81. The van der Waals surface area contributed by atoms with Crippen molar-refractivity contribution >= 4 is 21.7 Å². The molecule has 0 spiro atoms. The third kappa shape index (κ3) is 3.16. The van der Waals surface area contributed by atoms with Crippen LogP contribution in [0.15, 0.2) is 47.4 Å². The second kappa shape index (κ2) is 5.49. The molecule has 0 fully saturated rings. The number of anilines is 1. The SMILES string of the molecule is O=C(O)c1cccc(S(=O)(=O)Nc2c(F)cccc2F)c1. The van der Waals surface area contributed by atoms with Crippen LogP contribution in [0.2, 0.25) is 0 Å². The standard InChI is InChI=1S/C13H9F2NO4S/c14-10-5-2-6-11(15)12(10)16-21(19,20)9-4-1-3-8(7-9)13(17)18/h1-7,16H,(H,17,18). The van der Waals surface area contributed by atoms with Gasteiger partial charge in [0.25, 0.3) is 10.0 Å². The van der Waals surface area contributed by atoms with Crippen molar-refractivity contribution in [2.45, 2.75) is 4.90 Å². The Balaban J connectivity index is 2.44. The quantitative estimate of drug-likeness (QED) is 0.908. The summed E-state index contributed by atoms with van der Waals surface area (Å²) in [5.74, 6) is -3.47. The third-order valence-corrected chi connectivity index (χ3v) is 3.94. The van der Waals surface area contributed by atoms with Crippen LogP contribution in [-0.4, -0.2) is 19.5 Å². The first kappa shape index (κ1) is 14.9. The van der Waals surface area contributed by atoms with Gasteiger partial charge in [0, 0.05) is 0 Å². The molecule has 0 aliphatic heterocycles. The Hall–Kier alpha value is -2.48. The summed E-state index contributed by atoms with van der Waals surface area (Å²) in [6, 6.07) is 7.31. The van der Waals surface area contributed by atoms with E-state index in [1.165, 1.54) is 12.1 Å². The molecule has 0 saturated carbocycles. The molecule has 5 nitrogen and oxygen atoms in total. The van der Waals surface area contributed by atoms with Crippen LogP contribution in [0.3, 0.4) is 0 Å². The fraction of sp³-hybridized carbons (Fsp3) is 0. The van der Waals surface area contributed by atoms with Gasteiger partial charge in [-0.05, 0) is 30.3 Å². The molecule has 0 radical (unpaired) electrons. The predicted molar refractivity (Wildman–Crippen MR) is 70.6 cm³/mol. The third-order valence-electron chi connectivity index (χ3n) is 2.59. The van der Waals surface area contributed by atoms with Crippen molar-refractivity contribution < 1.29 is 27.1 Å². The lowest BCUT2D eigenvalue weighted by Gasteiger charge is -2.10. The van der Waals surface area contributed by atoms with E-state index in [1.54, 1.807) is 4.72 Å². The Kier molecular flexibility index (Phi) is 3.90. The number of carboxylic acids is 1. The van der Waals surface area contributed by atoms with E-state index >= 15 is 0 Å². The lowest BCUT2D eigenvalue weighted by molar-refractivity contribution is 0.0696. The number of para-hydroxylation sites is 1. The van der Waals surface area contributed by atoms with Gasteiger partial charge < -0.3 is 5.11 Å². The van der Waals surface area contributed by atoms with Crippen molar-refractivity contribution in [2.75, 3.05) is 4.72 Å². The van der Waals surface area contributed by atoms with E-state index in [0.717, 1.165) is 30.3 Å². The van der Waals surface area contributed by atoms with Crippen molar-refractivity contribution in [2.24, 2.45) is 0 Å². The second-order valence-electron chi connectivity index (χ2n) is 4.04. The number of sulfonamides is 1. The van der Waals surface area contributed by atoms with Crippen LogP contribution in [-0.2, 0) is 10.0 Å². The highest BCUT2D eigenvalue weighted by atomic mass is 32.2. The summed E-state index contributed by atoms with van der Waals surface area (Å²) in [5, 5.41) is 8.82. The Morgan fingerprint density at radius 2 is 1.62 bits per heavy atom. The average molecular weight is 313 g/mol. The molecular formula is C13H9F2NO4S. The van der Waals surface area contributed by atoms with Crippen LogP contribution in [0, 0.1) is 11.6 Å². The van der Waals surface area contributed by atoms with Crippen LogP contribution in [0.5, 0.6) is 0 Å². The van der Waals surface area contributed by atoms with E-state index < -0.39 is 38.2 Å². The molecule has 2 aromatic rings. The molecule has 0 unspecified atom stereocenters. The van der Waals surface area contributed by atoms with E-state index in [4.69, 9.17) is 5.11 Å². The molecule has 110 valence electrons. The summed E-state index contributed by atoms with van der Waals surface area (Å²) in [7, 11) is -4.31. The van der Waals surface area contributed by atoms with Crippen molar-refractivity contribution in [3.05, 3.63) is 59.7 Å². The molecule has 0 bridgehead atoms. The monoisotopic (exact) mass is 313 g/mol. The van der Waals surface area contributed by atoms with Gasteiger partial charge >= 0.3 is 5.97 Å². The first-order valence-electron chi connectivity index (χ1n) is 5.61. The zero-order chi connectivity index (χ0) is 15.6. The van der Waals surface area contributed by atoms with Gasteiger partial charge in [0.05, 0.1) is 10.5 Å². The maximum atomic E-state index is 13.4. The van der Waals surface area contributed by atoms with Crippen molar-refractivity contribution in [1.82, 2.24) is 0 Å². The molecule has 0 amide bonds. The van der Waals surface area contributed by atoms with Crippen LogP contribution < -0.4 is 4.72 Å². The van der Waals surface area contributed by atoms with E-state index in [0.29, 0.717) is 0 Å². The first-order valence-corrected chi connectivity index (χ1v) is 7.10. The minimum atomic E-state index is -4.31. The average Bonchev–Trinajstić information content (AvgIpc) is 2.43. The smallest absolute Gasteiger partial charge is 0.335 e. The van der Waals surface area contributed by atoms with Gasteiger partial charge in [-0.3, -0.25) is 4.72 Å². The van der Waals surface area contributed by atoms with Gasteiger partial charge in [-0.25, -0.2) is 22.0 Å². The van der Waals surface area contributed by atoms with Gasteiger partial charge in [-0.1, -0.05) is 12.1 Å². The minimum Gasteiger partial charge on any atom is -0.478 e. The summed E-state index contributed by atoms with van der Waals surface area (Å²) in [6.07, 6.45) is 0. The molecule has 0 aliphatic rings. The number of benzene rings is 2. The lowest BCUT2D eigenvalue weighted by atomic mass is 10.2. The zero-order valence-electron chi connectivity index (χ0n) is 10.4. The maximum absolute atomic E-state index is 13.4. The zero-order valence-corrected chi connectivity index (χ0v) is 11.2. The molecule has 2 rings (SSSR count). The van der Waals surface area contributed by atoms with Gasteiger partial charge in [0.15, 0.2) is 0 Å². The number of rotatable bonds is 4. The minimum absolute atomic E-state index is 0.258. The number of hydrogen-bond acceptors (Lipinski definition) is 3. The van der Waals surface area contributed by atoms with E-state index in [-0.39, 0.29) is 5.56 Å². The van der Waals surface area contributed by atoms with E-state index in [9.17, 15) is 22.0 Å². The molecule has 2 aromatic carbocycles. The highest BCUT2D eigenvalue weighted by Crippen LogP contribution is 2.22. The topological polar surface area (TPSA) is 83.5 Å². The van der Waals surface area contributed by atoms with Crippen LogP contribution in [0.25, 0.3) is 0 Å². The largest absolute Gasteiger partial charge is 0.478 e. The molecular weight excluding hydrogens is 304 g/mol. The fourth-order valence-electron chi connectivity index (χ4n) is 1.58. The predicted octanol–water partition coefficient (Wildman–Crippen LogP) is 2.46. The Morgan fingerprint density at radius 1 is 1.05 bits per heavy atom. The number of aromatic carboxylic acids is 1. The van der Waals surface area contributed by atoms with Crippen LogP contribution in [0.4, 0.5) is 14.5 Å². The van der Waals surface area contributed by atoms with Crippen molar-refractivity contribution in [3.63, 3.8) is 0 Å². The Labute approximate surface area is 118 Å².